The summed E-state index contributed by atoms with van der Waals surface area (Å²) >= 11 is 3.41. The summed E-state index contributed by atoms with van der Waals surface area (Å²) in [5, 5.41) is 1.91. The monoisotopic (exact) mass is 349 g/mol. The maximum atomic E-state index is 13.4. The Morgan fingerprint density at radius 3 is 2.71 bits per heavy atom. The summed E-state index contributed by atoms with van der Waals surface area (Å²) in [4.78, 5) is 4.43. The molecule has 4 nitrogen and oxygen atoms in total. The second kappa shape index (κ2) is 5.73. The number of hydrogen-bond donors (Lipinski definition) is 1. The number of hydrogen-bond acceptors (Lipinski definition) is 4. The minimum atomic E-state index is -0.385. The minimum Gasteiger partial charge on any atom is -0.494 e. The van der Waals surface area contributed by atoms with E-state index in [9.17, 15) is 4.39 Å². The average molecular weight is 350 g/mol. The lowest BCUT2D eigenvalue weighted by Crippen LogP contribution is -2.36. The van der Waals surface area contributed by atoms with Crippen molar-refractivity contribution in [3.63, 3.8) is 0 Å². The Bertz CT molecular complexity index is 688. The van der Waals surface area contributed by atoms with E-state index in [-0.39, 0.29) is 11.6 Å². The standard InChI is InChI=1S/C15H13BrFN3O/c1-21-14-8-10(2-7-13(14)17)15-18-9-20(19-15)12-5-3-11(16)4-6-12/h2-8H,9H2,1H3,(H,18,19). The summed E-state index contributed by atoms with van der Waals surface area (Å²) in [6.45, 7) is 0.497. The molecule has 0 aliphatic carbocycles. The molecule has 2 aromatic rings. The molecular formula is C15H13BrFN3O. The van der Waals surface area contributed by atoms with Gasteiger partial charge in [0.15, 0.2) is 11.6 Å². The molecular weight excluding hydrogens is 337 g/mol. The van der Waals surface area contributed by atoms with Crippen LogP contribution < -0.4 is 15.2 Å². The zero-order valence-electron chi connectivity index (χ0n) is 11.3. The first-order valence-electron chi connectivity index (χ1n) is 6.35. The first kappa shape index (κ1) is 13.9. The normalized spacial score (nSPS) is 13.9. The smallest absolute Gasteiger partial charge is 0.165 e. The van der Waals surface area contributed by atoms with Crippen molar-refractivity contribution in [2.24, 2.45) is 4.99 Å². The van der Waals surface area contributed by atoms with Gasteiger partial charge < -0.3 is 4.74 Å². The summed E-state index contributed by atoms with van der Waals surface area (Å²) in [7, 11) is 1.44. The number of nitrogens with zero attached hydrogens (tertiary/aromatic N) is 2. The Balaban J connectivity index is 1.79. The molecule has 1 aliphatic rings. The van der Waals surface area contributed by atoms with Gasteiger partial charge in [-0.2, -0.15) is 0 Å². The van der Waals surface area contributed by atoms with Crippen LogP contribution in [-0.2, 0) is 0 Å². The van der Waals surface area contributed by atoms with Crippen LogP contribution in [0.2, 0.25) is 0 Å². The van der Waals surface area contributed by atoms with E-state index in [0.717, 1.165) is 15.7 Å². The van der Waals surface area contributed by atoms with Gasteiger partial charge in [-0.15, -0.1) is 0 Å². The highest BCUT2D eigenvalue weighted by atomic mass is 79.9. The quantitative estimate of drug-likeness (QED) is 0.923. The molecule has 6 heteroatoms. The van der Waals surface area contributed by atoms with Gasteiger partial charge >= 0.3 is 0 Å². The largest absolute Gasteiger partial charge is 0.494 e. The molecule has 0 amide bonds. The molecule has 2 aromatic carbocycles. The van der Waals surface area contributed by atoms with Crippen molar-refractivity contribution in [1.29, 1.82) is 0 Å². The minimum absolute atomic E-state index is 0.207. The fraction of sp³-hybridized carbons (Fsp3) is 0.133. The number of rotatable bonds is 3. The topological polar surface area (TPSA) is 36.9 Å². The first-order valence-corrected chi connectivity index (χ1v) is 7.15. The van der Waals surface area contributed by atoms with E-state index < -0.39 is 0 Å². The molecule has 3 rings (SSSR count). The van der Waals surface area contributed by atoms with Crippen LogP contribution >= 0.6 is 15.9 Å². The summed E-state index contributed by atoms with van der Waals surface area (Å²) in [6, 6.07) is 12.6. The maximum absolute atomic E-state index is 13.4. The van der Waals surface area contributed by atoms with Crippen molar-refractivity contribution in [3.8, 4) is 5.75 Å². The van der Waals surface area contributed by atoms with E-state index in [1.807, 2.05) is 29.3 Å². The van der Waals surface area contributed by atoms with Gasteiger partial charge in [-0.05, 0) is 42.5 Å². The van der Waals surface area contributed by atoms with Gasteiger partial charge in [0, 0.05) is 10.0 Å². The van der Waals surface area contributed by atoms with Crippen molar-refractivity contribution in [2.45, 2.75) is 0 Å². The third-order valence-electron chi connectivity index (χ3n) is 3.17. The lowest BCUT2D eigenvalue weighted by atomic mass is 10.2. The van der Waals surface area contributed by atoms with Gasteiger partial charge in [-0.3, -0.25) is 10.4 Å². The van der Waals surface area contributed by atoms with E-state index in [4.69, 9.17) is 4.74 Å². The molecule has 0 spiro atoms. The molecule has 0 fully saturated rings. The summed E-state index contributed by atoms with van der Waals surface area (Å²) in [5.74, 6) is 0.514. The van der Waals surface area contributed by atoms with Crippen LogP contribution in [0.25, 0.3) is 0 Å². The molecule has 0 saturated heterocycles. The molecule has 0 aromatic heterocycles. The highest BCUT2D eigenvalue weighted by Crippen LogP contribution is 2.22. The number of benzene rings is 2. The molecule has 21 heavy (non-hydrogen) atoms. The highest BCUT2D eigenvalue weighted by Gasteiger charge is 2.17. The molecule has 1 N–H and O–H groups in total. The van der Waals surface area contributed by atoms with Gasteiger partial charge in [-0.1, -0.05) is 15.9 Å². The lowest BCUT2D eigenvalue weighted by molar-refractivity contribution is 0.386. The van der Waals surface area contributed by atoms with Crippen LogP contribution in [0.1, 0.15) is 5.56 Å². The maximum Gasteiger partial charge on any atom is 0.165 e. The Kier molecular flexibility index (Phi) is 3.79. The van der Waals surface area contributed by atoms with E-state index >= 15 is 0 Å². The molecule has 0 unspecified atom stereocenters. The third kappa shape index (κ3) is 2.85. The Morgan fingerprint density at radius 1 is 1.24 bits per heavy atom. The van der Waals surface area contributed by atoms with Gasteiger partial charge in [0.05, 0.1) is 12.8 Å². The Hall–Kier alpha value is -2.08. The van der Waals surface area contributed by atoms with Crippen LogP contribution in [0.5, 0.6) is 5.75 Å². The summed E-state index contributed by atoms with van der Waals surface area (Å²) in [5.41, 5.74) is 4.99. The van der Waals surface area contributed by atoms with Crippen LogP contribution in [0.15, 0.2) is 51.9 Å². The number of halogens is 2. The van der Waals surface area contributed by atoms with Crippen LogP contribution in [0.4, 0.5) is 10.1 Å². The molecule has 1 heterocycles. The van der Waals surface area contributed by atoms with E-state index in [0.29, 0.717) is 12.5 Å². The zero-order chi connectivity index (χ0) is 14.8. The molecule has 0 bridgehead atoms. The third-order valence-corrected chi connectivity index (χ3v) is 3.70. The number of ether oxygens (including phenoxy) is 1. The van der Waals surface area contributed by atoms with Gasteiger partial charge in [0.1, 0.15) is 12.5 Å². The van der Waals surface area contributed by atoms with Crippen molar-refractivity contribution >= 4 is 27.5 Å². The zero-order valence-corrected chi connectivity index (χ0v) is 12.9. The molecule has 1 aliphatic heterocycles. The predicted molar refractivity (Wildman–Crippen MR) is 84.1 cm³/mol. The average Bonchev–Trinajstić information content (AvgIpc) is 2.98. The van der Waals surface area contributed by atoms with Crippen molar-refractivity contribution in [1.82, 2.24) is 5.43 Å². The number of nitrogens with one attached hydrogen (secondary N) is 1. The number of hydrazine groups is 1. The van der Waals surface area contributed by atoms with Crippen LogP contribution in [0.3, 0.4) is 0 Å². The number of methoxy groups -OCH3 is 1. The summed E-state index contributed by atoms with van der Waals surface area (Å²) < 4.78 is 19.5. The van der Waals surface area contributed by atoms with Crippen molar-refractivity contribution < 1.29 is 9.13 Å². The fourth-order valence-electron chi connectivity index (χ4n) is 2.07. The van der Waals surface area contributed by atoms with E-state index in [2.05, 4.69) is 26.3 Å². The Labute approximate surface area is 130 Å². The second-order valence-electron chi connectivity index (χ2n) is 4.51. The lowest BCUT2D eigenvalue weighted by Gasteiger charge is -2.18. The number of aliphatic imine (C=N–C) groups is 1. The van der Waals surface area contributed by atoms with Gasteiger partial charge in [0.25, 0.3) is 0 Å². The van der Waals surface area contributed by atoms with Crippen molar-refractivity contribution in [3.05, 3.63) is 58.3 Å². The molecule has 0 saturated carbocycles. The molecule has 0 radical (unpaired) electrons. The van der Waals surface area contributed by atoms with E-state index in [1.54, 1.807) is 12.1 Å². The van der Waals surface area contributed by atoms with Crippen molar-refractivity contribution in [2.75, 3.05) is 18.8 Å². The van der Waals surface area contributed by atoms with Gasteiger partial charge in [-0.25, -0.2) is 9.38 Å². The molecule has 0 atom stereocenters. The fourth-order valence-corrected chi connectivity index (χ4v) is 2.33. The second-order valence-corrected chi connectivity index (χ2v) is 5.43. The first-order chi connectivity index (χ1) is 10.2. The van der Waals surface area contributed by atoms with Crippen LogP contribution in [0, 0.1) is 5.82 Å². The number of amidine groups is 1. The molecule has 108 valence electrons. The SMILES string of the molecule is COc1cc(C2=NCN(c3ccc(Br)cc3)N2)ccc1F. The Morgan fingerprint density at radius 2 is 2.00 bits per heavy atom. The van der Waals surface area contributed by atoms with E-state index in [1.165, 1.54) is 13.2 Å². The van der Waals surface area contributed by atoms with Gasteiger partial charge in [0.2, 0.25) is 0 Å². The summed E-state index contributed by atoms with van der Waals surface area (Å²) in [6.07, 6.45) is 0. The predicted octanol–water partition coefficient (Wildman–Crippen LogP) is 3.33. The van der Waals surface area contributed by atoms with Crippen LogP contribution in [-0.4, -0.2) is 19.6 Å². The number of anilines is 1. The highest BCUT2D eigenvalue weighted by molar-refractivity contribution is 9.10.